The van der Waals surface area contributed by atoms with E-state index in [1.165, 1.54) is 32.1 Å². The van der Waals surface area contributed by atoms with Crippen LogP contribution in [0.2, 0.25) is 5.02 Å². The molecule has 0 radical (unpaired) electrons. The molecular weight excluding hydrogens is 389 g/mol. The number of hydrazine groups is 1. The number of rotatable bonds is 6. The van der Waals surface area contributed by atoms with E-state index in [4.69, 9.17) is 11.6 Å². The highest BCUT2D eigenvalue weighted by Gasteiger charge is 2.54. The number of para-hydroxylation sites is 1. The van der Waals surface area contributed by atoms with E-state index >= 15 is 0 Å². The molecule has 3 N–H and O–H groups in total. The Kier molecular flexibility index (Phi) is 4.90. The SMILES string of the molecule is O=P(NNc1ccccc1)(Nc1ccc(Cl)cc1)C1C2CC3CC(C2)CC1C3. The average molecular weight is 416 g/mol. The molecule has 0 amide bonds. The quantitative estimate of drug-likeness (QED) is 0.378. The fourth-order valence-electron chi connectivity index (χ4n) is 6.05. The molecular formula is C22H27ClN3OP. The zero-order valence-electron chi connectivity index (χ0n) is 15.9. The molecule has 4 aliphatic carbocycles. The highest BCUT2D eigenvalue weighted by Crippen LogP contribution is 2.65. The molecule has 4 aliphatic rings. The van der Waals surface area contributed by atoms with E-state index in [2.05, 4.69) is 15.7 Å². The summed E-state index contributed by atoms with van der Waals surface area (Å²) in [5, 5.41) is 7.35. The van der Waals surface area contributed by atoms with Crippen LogP contribution in [0.5, 0.6) is 0 Å². The van der Waals surface area contributed by atoms with Crippen LogP contribution in [0.3, 0.4) is 0 Å². The predicted octanol–water partition coefficient (Wildman–Crippen LogP) is 6.39. The summed E-state index contributed by atoms with van der Waals surface area (Å²) in [7, 11) is -2.93. The van der Waals surface area contributed by atoms with Crippen LogP contribution >= 0.6 is 19.0 Å². The van der Waals surface area contributed by atoms with Crippen LogP contribution in [-0.2, 0) is 4.57 Å². The van der Waals surface area contributed by atoms with E-state index in [9.17, 15) is 4.57 Å². The Hall–Kier alpha value is -1.48. The Balaban J connectivity index is 1.43. The molecule has 0 aromatic heterocycles. The maximum absolute atomic E-state index is 14.4. The summed E-state index contributed by atoms with van der Waals surface area (Å²) in [6.45, 7) is 0. The van der Waals surface area contributed by atoms with Gasteiger partial charge in [0.2, 0.25) is 0 Å². The molecule has 0 heterocycles. The molecule has 2 aromatic rings. The lowest BCUT2D eigenvalue weighted by Crippen LogP contribution is -2.50. The lowest BCUT2D eigenvalue weighted by atomic mass is 9.56. The Bertz CT molecular complexity index is 845. The van der Waals surface area contributed by atoms with Gasteiger partial charge in [-0.05, 0) is 92.2 Å². The molecule has 4 nitrogen and oxygen atoms in total. The van der Waals surface area contributed by atoms with Gasteiger partial charge < -0.3 is 10.5 Å². The van der Waals surface area contributed by atoms with Gasteiger partial charge in [-0.3, -0.25) is 4.57 Å². The van der Waals surface area contributed by atoms with Gasteiger partial charge in [-0.1, -0.05) is 29.8 Å². The van der Waals surface area contributed by atoms with Crippen molar-refractivity contribution in [3.05, 3.63) is 59.6 Å². The zero-order chi connectivity index (χ0) is 19.1. The van der Waals surface area contributed by atoms with Gasteiger partial charge in [0.05, 0.1) is 5.66 Å². The Morgan fingerprint density at radius 2 is 1.39 bits per heavy atom. The van der Waals surface area contributed by atoms with Crippen LogP contribution in [0.25, 0.3) is 0 Å². The highest BCUT2D eigenvalue weighted by atomic mass is 35.5. The molecule has 1 atom stereocenters. The molecule has 1 unspecified atom stereocenters. The van der Waals surface area contributed by atoms with Crippen molar-refractivity contribution in [2.75, 3.05) is 10.5 Å². The van der Waals surface area contributed by atoms with Crippen LogP contribution in [0.4, 0.5) is 11.4 Å². The van der Waals surface area contributed by atoms with Crippen molar-refractivity contribution in [2.45, 2.75) is 37.8 Å². The number of anilines is 2. The first-order valence-corrected chi connectivity index (χ1v) is 12.5. The monoisotopic (exact) mass is 415 g/mol. The summed E-state index contributed by atoms with van der Waals surface area (Å²) in [6, 6.07) is 17.4. The predicted molar refractivity (Wildman–Crippen MR) is 117 cm³/mol. The second-order valence-electron chi connectivity index (χ2n) is 8.80. The number of halogens is 1. The molecule has 4 saturated carbocycles. The van der Waals surface area contributed by atoms with E-state index in [0.717, 1.165) is 23.2 Å². The summed E-state index contributed by atoms with van der Waals surface area (Å²) >= 11 is 6.05. The van der Waals surface area contributed by atoms with E-state index in [1.807, 2.05) is 54.6 Å². The average Bonchev–Trinajstić information content (AvgIpc) is 2.68. The summed E-state index contributed by atoms with van der Waals surface area (Å²) in [4.78, 5) is 0. The summed E-state index contributed by atoms with van der Waals surface area (Å²) in [5.41, 5.74) is 5.17. The van der Waals surface area contributed by atoms with Gasteiger partial charge in [0, 0.05) is 16.4 Å². The molecule has 6 heteroatoms. The maximum atomic E-state index is 14.4. The summed E-state index contributed by atoms with van der Waals surface area (Å²) in [6.07, 6.45) is 6.33. The molecule has 4 bridgehead atoms. The number of nitrogens with one attached hydrogen (secondary N) is 3. The lowest BCUT2D eigenvalue weighted by Gasteiger charge is -2.55. The van der Waals surface area contributed by atoms with Crippen LogP contribution < -0.4 is 15.7 Å². The minimum Gasteiger partial charge on any atom is -0.323 e. The molecule has 2 aromatic carbocycles. The molecule has 4 fully saturated rings. The second-order valence-corrected chi connectivity index (χ2v) is 11.6. The topological polar surface area (TPSA) is 53.2 Å². The Morgan fingerprint density at radius 1 is 0.786 bits per heavy atom. The van der Waals surface area contributed by atoms with Gasteiger partial charge in [-0.2, -0.15) is 5.20 Å². The zero-order valence-corrected chi connectivity index (χ0v) is 17.5. The van der Waals surface area contributed by atoms with Crippen LogP contribution in [0, 0.1) is 23.7 Å². The minimum absolute atomic E-state index is 0.173. The molecule has 6 rings (SSSR count). The Morgan fingerprint density at radius 3 is 2.00 bits per heavy atom. The van der Waals surface area contributed by atoms with E-state index in [1.54, 1.807) is 0 Å². The first kappa shape index (κ1) is 18.5. The standard InChI is InChI=1S/C22H27ClN3OP/c23-19-6-8-21(9-7-19)25-28(27,26-24-20-4-2-1-3-5-20)22-17-11-15-10-16(13-17)14-18(22)12-15/h1-9,15-18,22,24H,10-14H2,(H2,25,26,27). The maximum Gasteiger partial charge on any atom is 0.255 e. The summed E-state index contributed by atoms with van der Waals surface area (Å²) in [5.74, 6) is 2.80. The van der Waals surface area contributed by atoms with E-state index < -0.39 is 7.44 Å². The number of benzene rings is 2. The van der Waals surface area contributed by atoms with Crippen molar-refractivity contribution in [3.8, 4) is 0 Å². The van der Waals surface area contributed by atoms with Crippen molar-refractivity contribution in [3.63, 3.8) is 0 Å². The third-order valence-corrected chi connectivity index (χ3v) is 9.85. The number of hydrogen-bond donors (Lipinski definition) is 3. The smallest absolute Gasteiger partial charge is 0.255 e. The van der Waals surface area contributed by atoms with Crippen molar-refractivity contribution in [2.24, 2.45) is 23.7 Å². The van der Waals surface area contributed by atoms with Gasteiger partial charge in [0.25, 0.3) is 7.44 Å². The third kappa shape index (κ3) is 3.58. The first-order chi connectivity index (χ1) is 13.6. The van der Waals surface area contributed by atoms with Crippen molar-refractivity contribution in [1.82, 2.24) is 5.20 Å². The van der Waals surface area contributed by atoms with Crippen molar-refractivity contribution in [1.29, 1.82) is 0 Å². The van der Waals surface area contributed by atoms with E-state index in [0.29, 0.717) is 16.9 Å². The normalized spacial score (nSPS) is 32.7. The largest absolute Gasteiger partial charge is 0.323 e. The first-order valence-electron chi connectivity index (χ1n) is 10.3. The van der Waals surface area contributed by atoms with Gasteiger partial charge in [0.1, 0.15) is 0 Å². The van der Waals surface area contributed by atoms with Gasteiger partial charge in [-0.15, -0.1) is 0 Å². The molecule has 0 spiro atoms. The van der Waals surface area contributed by atoms with Gasteiger partial charge in [-0.25, -0.2) is 0 Å². The molecule has 148 valence electrons. The van der Waals surface area contributed by atoms with E-state index in [-0.39, 0.29) is 5.66 Å². The van der Waals surface area contributed by atoms with Gasteiger partial charge >= 0.3 is 0 Å². The van der Waals surface area contributed by atoms with Crippen LogP contribution in [0.1, 0.15) is 32.1 Å². The Labute approximate surface area is 171 Å². The third-order valence-electron chi connectivity index (χ3n) is 6.88. The van der Waals surface area contributed by atoms with Crippen molar-refractivity contribution < 1.29 is 4.57 Å². The fraction of sp³-hybridized carbons (Fsp3) is 0.455. The molecule has 28 heavy (non-hydrogen) atoms. The summed E-state index contributed by atoms with van der Waals surface area (Å²) < 4.78 is 14.4. The number of hydrogen-bond acceptors (Lipinski definition) is 2. The highest BCUT2D eigenvalue weighted by molar-refractivity contribution is 7.64. The fourth-order valence-corrected chi connectivity index (χ4v) is 9.03. The lowest BCUT2D eigenvalue weighted by molar-refractivity contribution is 0.0228. The van der Waals surface area contributed by atoms with Crippen LogP contribution in [-0.4, -0.2) is 5.66 Å². The van der Waals surface area contributed by atoms with Crippen molar-refractivity contribution >= 4 is 30.4 Å². The second kappa shape index (κ2) is 7.40. The van der Waals surface area contributed by atoms with Gasteiger partial charge in [0.15, 0.2) is 0 Å². The van der Waals surface area contributed by atoms with Crippen LogP contribution in [0.15, 0.2) is 54.6 Å². The molecule has 0 saturated heterocycles. The minimum atomic E-state index is -2.93. The molecule has 0 aliphatic heterocycles.